The molecular formula is C19H21N5O4S2. The number of amides is 2. The molecule has 0 bridgehead atoms. The molecule has 0 saturated carbocycles. The smallest absolute Gasteiger partial charge is 0.261 e. The summed E-state index contributed by atoms with van der Waals surface area (Å²) in [4.78, 5) is 59.1. The third-order valence-electron chi connectivity index (χ3n) is 5.56. The minimum Gasteiger partial charge on any atom is -0.320 e. The van der Waals surface area contributed by atoms with Crippen LogP contribution in [-0.2, 0) is 19.2 Å². The van der Waals surface area contributed by atoms with Crippen LogP contribution in [0.15, 0.2) is 18.7 Å². The Morgan fingerprint density at radius 1 is 1.13 bits per heavy atom. The number of hydrogen-bond acceptors (Lipinski definition) is 9. The third-order valence-corrected chi connectivity index (χ3v) is 7.83. The molecule has 1 unspecified atom stereocenters. The fourth-order valence-corrected chi connectivity index (χ4v) is 6.61. The number of rotatable bonds is 3. The van der Waals surface area contributed by atoms with Crippen LogP contribution in [0.5, 0.6) is 0 Å². The van der Waals surface area contributed by atoms with Crippen LogP contribution in [0.25, 0.3) is 0 Å². The van der Waals surface area contributed by atoms with E-state index in [-0.39, 0.29) is 16.7 Å². The highest BCUT2D eigenvalue weighted by atomic mass is 32.2. The molecule has 2 amide bonds. The molecule has 0 radical (unpaired) electrons. The molecule has 1 aromatic rings. The number of carbonyl (C=O) groups is 4. The number of fused-ring (bicyclic) bond motifs is 1. The van der Waals surface area contributed by atoms with E-state index in [1.54, 1.807) is 6.92 Å². The van der Waals surface area contributed by atoms with Gasteiger partial charge in [0.2, 0.25) is 0 Å². The van der Waals surface area contributed by atoms with Gasteiger partial charge in [0.1, 0.15) is 6.33 Å². The first kappa shape index (κ1) is 22.2. The minimum absolute atomic E-state index is 0.0456. The zero-order valence-electron chi connectivity index (χ0n) is 17.2. The normalized spacial score (nSPS) is 33.3. The highest BCUT2D eigenvalue weighted by Gasteiger charge is 2.71. The van der Waals surface area contributed by atoms with Gasteiger partial charge in [-0.1, -0.05) is 11.8 Å². The molecule has 2 saturated heterocycles. The molecule has 1 aromatic heterocycles. The van der Waals surface area contributed by atoms with E-state index in [0.717, 1.165) is 23.5 Å². The van der Waals surface area contributed by atoms with E-state index < -0.39 is 33.0 Å². The predicted molar refractivity (Wildman–Crippen MR) is 110 cm³/mol. The topological polar surface area (TPSA) is 124 Å². The summed E-state index contributed by atoms with van der Waals surface area (Å²) in [5.74, 6) is -1.02. The Labute approximate surface area is 182 Å². The molecule has 30 heavy (non-hydrogen) atoms. The van der Waals surface area contributed by atoms with Crippen molar-refractivity contribution < 1.29 is 19.2 Å². The van der Waals surface area contributed by atoms with Gasteiger partial charge in [-0.3, -0.25) is 19.2 Å². The van der Waals surface area contributed by atoms with Crippen molar-refractivity contribution in [3.63, 3.8) is 0 Å². The summed E-state index contributed by atoms with van der Waals surface area (Å²) >= 11 is 1.47. The number of aromatic nitrogens is 2. The van der Waals surface area contributed by atoms with Crippen LogP contribution in [-0.4, -0.2) is 58.6 Å². The summed E-state index contributed by atoms with van der Waals surface area (Å²) in [5, 5.41) is 9.37. The first-order valence-electron chi connectivity index (χ1n) is 9.10. The fourth-order valence-electron chi connectivity index (χ4n) is 4.28. The van der Waals surface area contributed by atoms with Crippen molar-refractivity contribution in [2.24, 2.45) is 5.41 Å². The molecule has 0 aromatic carbocycles. The molecule has 4 atom stereocenters. The molecule has 0 aliphatic carbocycles. The number of nitriles is 1. The number of thioether (sulfide) groups is 2. The Balaban J connectivity index is 2.30. The standard InChI is InChI=1S/C19H21N5O4S2/c1-11(25)29-18(4)15(27)24-14(13-6-21-10-22-7-13)17(3,9-20)8-19(24,30-12(2)26)16(28)23(18)5/h6-7,10,14H,8H2,1-5H3/t14?,17-,18+,19+/m1/s1. The number of piperazine rings is 1. The Morgan fingerprint density at radius 2 is 1.70 bits per heavy atom. The zero-order chi connectivity index (χ0) is 22.5. The maximum absolute atomic E-state index is 13.9. The van der Waals surface area contributed by atoms with Crippen molar-refractivity contribution in [1.29, 1.82) is 5.26 Å². The average molecular weight is 448 g/mol. The van der Waals surface area contributed by atoms with Gasteiger partial charge >= 0.3 is 0 Å². The van der Waals surface area contributed by atoms with Gasteiger partial charge in [0.05, 0.1) is 17.5 Å². The molecule has 2 aliphatic rings. The quantitative estimate of drug-likeness (QED) is 0.681. The van der Waals surface area contributed by atoms with E-state index >= 15 is 0 Å². The maximum Gasteiger partial charge on any atom is 0.261 e. The van der Waals surface area contributed by atoms with Crippen molar-refractivity contribution in [2.75, 3.05) is 7.05 Å². The lowest BCUT2D eigenvalue weighted by atomic mass is 9.80. The van der Waals surface area contributed by atoms with Crippen LogP contribution >= 0.6 is 23.5 Å². The molecule has 3 rings (SSSR count). The van der Waals surface area contributed by atoms with Crippen LogP contribution in [0.4, 0.5) is 0 Å². The third kappa shape index (κ3) is 3.09. The minimum atomic E-state index is -1.60. The van der Waals surface area contributed by atoms with Crippen LogP contribution in [0.1, 0.15) is 45.7 Å². The lowest BCUT2D eigenvalue weighted by Crippen LogP contribution is -2.71. The van der Waals surface area contributed by atoms with Gasteiger partial charge in [-0.2, -0.15) is 5.26 Å². The van der Waals surface area contributed by atoms with Crippen LogP contribution in [0, 0.1) is 16.7 Å². The maximum atomic E-state index is 13.9. The molecule has 0 N–H and O–H groups in total. The number of nitrogens with zero attached hydrogens (tertiary/aromatic N) is 5. The summed E-state index contributed by atoms with van der Waals surface area (Å²) in [5.41, 5.74) is -0.709. The zero-order valence-corrected chi connectivity index (χ0v) is 18.8. The van der Waals surface area contributed by atoms with E-state index in [1.807, 2.05) is 0 Å². The van der Waals surface area contributed by atoms with E-state index in [9.17, 15) is 24.4 Å². The second-order valence-electron chi connectivity index (χ2n) is 7.77. The number of hydrogen-bond donors (Lipinski definition) is 0. The monoisotopic (exact) mass is 447 g/mol. The summed E-state index contributed by atoms with van der Waals surface area (Å²) in [6.45, 7) is 5.79. The lowest BCUT2D eigenvalue weighted by molar-refractivity contribution is -0.163. The predicted octanol–water partition coefficient (Wildman–Crippen LogP) is 1.72. The van der Waals surface area contributed by atoms with Crippen molar-refractivity contribution in [2.45, 2.75) is 49.9 Å². The second-order valence-corrected chi connectivity index (χ2v) is 10.8. The van der Waals surface area contributed by atoms with E-state index in [1.165, 1.54) is 56.3 Å². The van der Waals surface area contributed by atoms with Crippen molar-refractivity contribution >= 4 is 45.6 Å². The Bertz CT molecular complexity index is 983. The van der Waals surface area contributed by atoms with Crippen molar-refractivity contribution in [3.8, 4) is 6.07 Å². The van der Waals surface area contributed by atoms with E-state index in [2.05, 4.69) is 16.0 Å². The summed E-state index contributed by atoms with van der Waals surface area (Å²) < 4.78 is 0. The van der Waals surface area contributed by atoms with Gasteiger partial charge in [-0.25, -0.2) is 9.97 Å². The van der Waals surface area contributed by atoms with Crippen molar-refractivity contribution in [1.82, 2.24) is 19.8 Å². The summed E-state index contributed by atoms with van der Waals surface area (Å²) in [7, 11) is 1.44. The molecular weight excluding hydrogens is 426 g/mol. The summed E-state index contributed by atoms with van der Waals surface area (Å²) in [6.07, 6.45) is 4.27. The van der Waals surface area contributed by atoms with Gasteiger partial charge in [0.15, 0.2) is 20.0 Å². The van der Waals surface area contributed by atoms with Crippen LogP contribution in [0.3, 0.4) is 0 Å². The first-order valence-corrected chi connectivity index (χ1v) is 10.7. The molecule has 2 fully saturated rings. The SMILES string of the molecule is CC(=O)S[C@@]1(C)C(=O)N2C(c3cncnc3)[C@@](C)(C#N)C[C@]2(SC(C)=O)C(=O)N1C. The Hall–Kier alpha value is -2.45. The largest absolute Gasteiger partial charge is 0.320 e. The van der Waals surface area contributed by atoms with Gasteiger partial charge in [0.25, 0.3) is 11.8 Å². The van der Waals surface area contributed by atoms with Gasteiger partial charge < -0.3 is 9.80 Å². The van der Waals surface area contributed by atoms with Gasteiger partial charge in [-0.05, 0) is 25.6 Å². The molecule has 158 valence electrons. The van der Waals surface area contributed by atoms with Crippen LogP contribution in [0.2, 0.25) is 0 Å². The Morgan fingerprint density at radius 3 is 2.20 bits per heavy atom. The fraction of sp³-hybridized carbons (Fsp3) is 0.526. The Kier molecular flexibility index (Phi) is 5.45. The number of carbonyl (C=O) groups excluding carboxylic acids is 4. The first-order chi connectivity index (χ1) is 13.9. The van der Waals surface area contributed by atoms with Gasteiger partial charge in [0, 0.05) is 45.3 Å². The van der Waals surface area contributed by atoms with E-state index in [0.29, 0.717) is 5.56 Å². The molecule has 0 spiro atoms. The van der Waals surface area contributed by atoms with Gasteiger partial charge in [-0.15, -0.1) is 0 Å². The molecule has 9 nitrogen and oxygen atoms in total. The summed E-state index contributed by atoms with van der Waals surface area (Å²) in [6, 6.07) is 1.38. The molecule has 2 aliphatic heterocycles. The lowest BCUT2D eigenvalue weighted by Gasteiger charge is -2.52. The van der Waals surface area contributed by atoms with E-state index in [4.69, 9.17) is 0 Å². The number of likely N-dealkylation sites (N-methyl/N-ethyl adjacent to an activating group) is 1. The average Bonchev–Trinajstić information content (AvgIpc) is 2.94. The highest BCUT2D eigenvalue weighted by molar-refractivity contribution is 8.16. The molecule has 11 heteroatoms. The van der Waals surface area contributed by atoms with Crippen LogP contribution < -0.4 is 0 Å². The molecule has 3 heterocycles. The van der Waals surface area contributed by atoms with Crippen molar-refractivity contribution in [3.05, 3.63) is 24.3 Å². The second kappa shape index (κ2) is 7.35. The highest BCUT2D eigenvalue weighted by Crippen LogP contribution is 2.62.